The number of hydrogen-bond acceptors (Lipinski definition) is 9. The molecule has 0 radical (unpaired) electrons. The fraction of sp³-hybridized carbons (Fsp3) is 0.583. The minimum Gasteiger partial charge on any atom is -0.343 e. The molecule has 2 N–H and O–H groups in total. The van der Waals surface area contributed by atoms with Crippen molar-refractivity contribution in [3.63, 3.8) is 0 Å². The Morgan fingerprint density at radius 2 is 1.91 bits per heavy atom. The molecule has 0 unspecified atom stereocenters. The number of nitrogen functional groups attached to an aromatic ring is 1. The van der Waals surface area contributed by atoms with Crippen molar-refractivity contribution in [1.29, 1.82) is 0 Å². The Morgan fingerprint density at radius 3 is 2.48 bits per heavy atom. The van der Waals surface area contributed by atoms with E-state index < -0.39 is 0 Å². The van der Waals surface area contributed by atoms with Crippen molar-refractivity contribution in [2.24, 2.45) is 0 Å². The number of hydrogen-bond donors (Lipinski definition) is 1. The van der Waals surface area contributed by atoms with Crippen molar-refractivity contribution >= 4 is 29.4 Å². The zero-order valence-electron chi connectivity index (χ0n) is 13.2. The fourth-order valence-corrected chi connectivity index (χ4v) is 3.30. The smallest absolute Gasteiger partial charge is 0.233 e. The van der Waals surface area contributed by atoms with Crippen molar-refractivity contribution in [1.82, 2.24) is 29.9 Å². The van der Waals surface area contributed by atoms with Gasteiger partial charge in [0.05, 0.1) is 11.5 Å². The summed E-state index contributed by atoms with van der Waals surface area (Å²) in [6.45, 7) is 7.01. The Balaban J connectivity index is 1.90. The van der Waals surface area contributed by atoms with Crippen LogP contribution in [0.15, 0.2) is 14.8 Å². The summed E-state index contributed by atoms with van der Waals surface area (Å²) in [4.78, 5) is 17.9. The van der Waals surface area contributed by atoms with Gasteiger partial charge in [-0.05, 0) is 13.8 Å². The van der Waals surface area contributed by atoms with Gasteiger partial charge in [0.15, 0.2) is 5.82 Å². The van der Waals surface area contributed by atoms with Gasteiger partial charge in [-0.25, -0.2) is 4.68 Å². The van der Waals surface area contributed by atoms with Crippen LogP contribution >= 0.6 is 23.5 Å². The van der Waals surface area contributed by atoms with E-state index in [2.05, 4.69) is 20.3 Å². The summed E-state index contributed by atoms with van der Waals surface area (Å²) in [5.41, 5.74) is 0. The van der Waals surface area contributed by atoms with Crippen LogP contribution in [0.2, 0.25) is 0 Å². The van der Waals surface area contributed by atoms with Crippen molar-refractivity contribution in [2.75, 3.05) is 24.7 Å². The van der Waals surface area contributed by atoms with E-state index in [4.69, 9.17) is 10.4 Å². The predicted octanol–water partition coefficient (Wildman–Crippen LogP) is 0.936. The molecule has 126 valence electrons. The van der Waals surface area contributed by atoms with Crippen molar-refractivity contribution < 1.29 is 9.32 Å². The minimum absolute atomic E-state index is 0.0551. The summed E-state index contributed by atoms with van der Waals surface area (Å²) in [6, 6.07) is 0. The first-order valence-corrected chi connectivity index (χ1v) is 9.05. The molecule has 11 heteroatoms. The van der Waals surface area contributed by atoms with Crippen molar-refractivity contribution in [2.45, 2.75) is 36.8 Å². The maximum Gasteiger partial charge on any atom is 0.233 e. The highest BCUT2D eigenvalue weighted by atomic mass is 32.2. The van der Waals surface area contributed by atoms with Gasteiger partial charge in [0.25, 0.3) is 0 Å². The van der Waals surface area contributed by atoms with Crippen LogP contribution in [-0.2, 0) is 10.5 Å². The Labute approximate surface area is 142 Å². The summed E-state index contributed by atoms with van der Waals surface area (Å²) in [7, 11) is 0. The standard InChI is InChI=1S/C12H19N7O2S2/c1-4-18(5-2)10(20)7-23-12-16-15-11(19(12)13)22-6-9-14-8(3)21-17-9/h4-7,13H2,1-3H3. The monoisotopic (exact) mass is 357 g/mol. The summed E-state index contributed by atoms with van der Waals surface area (Å²) < 4.78 is 6.27. The van der Waals surface area contributed by atoms with Gasteiger partial charge in [-0.15, -0.1) is 10.2 Å². The van der Waals surface area contributed by atoms with E-state index >= 15 is 0 Å². The zero-order chi connectivity index (χ0) is 16.8. The molecule has 9 nitrogen and oxygen atoms in total. The Kier molecular flexibility index (Phi) is 6.28. The molecule has 0 saturated heterocycles. The molecule has 0 aliphatic carbocycles. The maximum absolute atomic E-state index is 12.0. The van der Waals surface area contributed by atoms with E-state index in [1.807, 2.05) is 13.8 Å². The van der Waals surface area contributed by atoms with Gasteiger partial charge in [-0.2, -0.15) is 4.98 Å². The highest BCUT2D eigenvalue weighted by molar-refractivity contribution is 8.00. The number of thioether (sulfide) groups is 2. The van der Waals surface area contributed by atoms with Gasteiger partial charge >= 0.3 is 0 Å². The number of carbonyl (C=O) groups excluding carboxylic acids is 1. The molecule has 2 heterocycles. The summed E-state index contributed by atoms with van der Waals surface area (Å²) in [5.74, 6) is 7.87. The average molecular weight is 357 g/mol. The van der Waals surface area contributed by atoms with Crippen molar-refractivity contribution in [3.8, 4) is 0 Å². The molecular weight excluding hydrogens is 338 g/mol. The van der Waals surface area contributed by atoms with Gasteiger partial charge < -0.3 is 15.3 Å². The molecule has 2 aromatic heterocycles. The molecule has 0 atom stereocenters. The number of aryl methyl sites for hydroxylation is 1. The maximum atomic E-state index is 12.0. The Bertz CT molecular complexity index is 654. The van der Waals surface area contributed by atoms with Crippen LogP contribution in [0.5, 0.6) is 0 Å². The van der Waals surface area contributed by atoms with Gasteiger partial charge in [0.1, 0.15) is 0 Å². The quantitative estimate of drug-likeness (QED) is 0.544. The average Bonchev–Trinajstić information content (AvgIpc) is 3.10. The Morgan fingerprint density at radius 1 is 1.26 bits per heavy atom. The molecule has 1 amide bonds. The van der Waals surface area contributed by atoms with Gasteiger partial charge in [-0.1, -0.05) is 28.7 Å². The first-order valence-electron chi connectivity index (χ1n) is 7.08. The molecule has 0 bridgehead atoms. The van der Waals surface area contributed by atoms with Gasteiger partial charge in [0.2, 0.25) is 22.1 Å². The fourth-order valence-electron chi connectivity index (χ4n) is 1.78. The van der Waals surface area contributed by atoms with Crippen LogP contribution in [-0.4, -0.2) is 54.7 Å². The van der Waals surface area contributed by atoms with Crippen LogP contribution in [0, 0.1) is 6.92 Å². The lowest BCUT2D eigenvalue weighted by Gasteiger charge is -2.17. The highest BCUT2D eigenvalue weighted by Gasteiger charge is 2.16. The molecular formula is C12H19N7O2S2. The molecule has 0 aliphatic heterocycles. The molecule has 0 aromatic carbocycles. The zero-order valence-corrected chi connectivity index (χ0v) is 14.9. The molecule has 0 aliphatic rings. The van der Waals surface area contributed by atoms with Gasteiger partial charge in [0, 0.05) is 20.0 Å². The first-order chi connectivity index (χ1) is 11.0. The molecule has 2 rings (SSSR count). The van der Waals surface area contributed by atoms with E-state index in [0.29, 0.717) is 40.9 Å². The molecule has 0 saturated carbocycles. The van der Waals surface area contributed by atoms with E-state index in [-0.39, 0.29) is 11.7 Å². The third-order valence-corrected chi connectivity index (χ3v) is 4.84. The third-order valence-electron chi connectivity index (χ3n) is 2.97. The predicted molar refractivity (Wildman–Crippen MR) is 87.4 cm³/mol. The first kappa shape index (κ1) is 17.6. The lowest BCUT2D eigenvalue weighted by molar-refractivity contribution is -0.127. The summed E-state index contributed by atoms with van der Waals surface area (Å²) >= 11 is 2.63. The molecule has 0 spiro atoms. The lowest BCUT2D eigenvalue weighted by atomic mass is 10.5. The second-order valence-electron chi connectivity index (χ2n) is 4.51. The Hall–Kier alpha value is -1.75. The van der Waals surface area contributed by atoms with E-state index in [1.54, 1.807) is 11.8 Å². The number of nitrogens with zero attached hydrogens (tertiary/aromatic N) is 6. The highest BCUT2D eigenvalue weighted by Crippen LogP contribution is 2.23. The van der Waals surface area contributed by atoms with Crippen LogP contribution in [0.4, 0.5) is 0 Å². The van der Waals surface area contributed by atoms with E-state index in [1.165, 1.54) is 28.2 Å². The van der Waals surface area contributed by atoms with Crippen molar-refractivity contribution in [3.05, 3.63) is 11.7 Å². The minimum atomic E-state index is 0.0551. The van der Waals surface area contributed by atoms with Crippen LogP contribution in [0.25, 0.3) is 0 Å². The molecule has 23 heavy (non-hydrogen) atoms. The van der Waals surface area contributed by atoms with Crippen LogP contribution < -0.4 is 5.84 Å². The van der Waals surface area contributed by atoms with Crippen LogP contribution in [0.3, 0.4) is 0 Å². The molecule has 0 fully saturated rings. The van der Waals surface area contributed by atoms with Gasteiger partial charge in [-0.3, -0.25) is 4.79 Å². The number of aromatic nitrogens is 5. The lowest BCUT2D eigenvalue weighted by Crippen LogP contribution is -2.32. The summed E-state index contributed by atoms with van der Waals surface area (Å²) in [6.07, 6.45) is 0. The summed E-state index contributed by atoms with van der Waals surface area (Å²) in [5, 5.41) is 12.9. The topological polar surface area (TPSA) is 116 Å². The SMILES string of the molecule is CCN(CC)C(=O)CSc1nnc(SCc2noc(C)n2)n1N. The largest absolute Gasteiger partial charge is 0.343 e. The molecule has 2 aromatic rings. The third kappa shape index (κ3) is 4.61. The van der Waals surface area contributed by atoms with E-state index in [0.717, 1.165) is 0 Å². The normalized spacial score (nSPS) is 10.9. The number of rotatable bonds is 8. The second kappa shape index (κ2) is 8.20. The number of carbonyl (C=O) groups is 1. The number of amides is 1. The second-order valence-corrected chi connectivity index (χ2v) is 6.39. The van der Waals surface area contributed by atoms with E-state index in [9.17, 15) is 4.79 Å². The van der Waals surface area contributed by atoms with Crippen LogP contribution in [0.1, 0.15) is 25.6 Å². The number of nitrogens with two attached hydrogens (primary N) is 1.